The van der Waals surface area contributed by atoms with Crippen LogP contribution in [0.15, 0.2) is 61.1 Å². The first-order valence-corrected chi connectivity index (χ1v) is 17.8. The van der Waals surface area contributed by atoms with E-state index in [4.69, 9.17) is 4.98 Å². The van der Waals surface area contributed by atoms with Crippen LogP contribution in [0.1, 0.15) is 72.5 Å². The zero-order valence-electron chi connectivity index (χ0n) is 27.9. The number of hydrogen-bond acceptors (Lipinski definition) is 8. The molecule has 0 bridgehead atoms. The Hall–Kier alpha value is -5.46. The van der Waals surface area contributed by atoms with E-state index in [0.29, 0.717) is 44.6 Å². The third-order valence-corrected chi connectivity index (χ3v) is 12.7. The monoisotopic (exact) mass is 684 g/mol. The van der Waals surface area contributed by atoms with E-state index in [1.807, 2.05) is 58.4 Å². The standard InChI is InChI=1S/C38H36N8O5/c47-31-8-7-30(32(48)43-31)45-17-23-13-22(5-6-26(23)33(45)49)14-40-34(50)36-19-37(21-38(36,37)20-36)35(51)44-11-9-25(10-12-44)46-18-24(15-41-46)29-16-39-27-3-1-2-4-28(27)42-29/h1-6,13,15-16,18,25,30H,7-12,14,17,19-21H2,(H,40,50)(H,43,47,48). The van der Waals surface area contributed by atoms with Crippen molar-refractivity contribution in [1.29, 1.82) is 0 Å². The van der Waals surface area contributed by atoms with Crippen LogP contribution in [0.25, 0.3) is 22.3 Å². The van der Waals surface area contributed by atoms with E-state index in [9.17, 15) is 24.0 Å². The number of imide groups is 1. The molecule has 5 amide bonds. The molecule has 3 aliphatic heterocycles. The molecule has 5 heterocycles. The highest BCUT2D eigenvalue weighted by Gasteiger charge is 3.01. The molecule has 3 aliphatic carbocycles. The molecular formula is C38H36N8O5. The fraction of sp³-hybridized carbons (Fsp3) is 0.421. The number of piperidine rings is 2. The molecule has 2 N–H and O–H groups in total. The first-order chi connectivity index (χ1) is 24.7. The smallest absolute Gasteiger partial charge is 0.255 e. The second kappa shape index (κ2) is 10.5. The summed E-state index contributed by atoms with van der Waals surface area (Å²) in [5.74, 6) is -0.753. The maximum absolute atomic E-state index is 13.9. The largest absolute Gasteiger partial charge is 0.352 e. The summed E-state index contributed by atoms with van der Waals surface area (Å²) in [5.41, 5.74) is 4.61. The molecule has 51 heavy (non-hydrogen) atoms. The molecule has 1 spiro atoms. The highest BCUT2D eigenvalue weighted by Crippen LogP contribution is 3.00. The van der Waals surface area contributed by atoms with Crippen molar-refractivity contribution in [2.45, 2.75) is 70.1 Å². The Morgan fingerprint density at radius 1 is 0.941 bits per heavy atom. The number of amides is 5. The minimum Gasteiger partial charge on any atom is -0.352 e. The summed E-state index contributed by atoms with van der Waals surface area (Å²) in [7, 11) is 0. The summed E-state index contributed by atoms with van der Waals surface area (Å²) in [6.07, 6.45) is 9.97. The van der Waals surface area contributed by atoms with Crippen molar-refractivity contribution >= 4 is 40.6 Å². The Morgan fingerprint density at radius 3 is 2.55 bits per heavy atom. The van der Waals surface area contributed by atoms with Gasteiger partial charge in [0.1, 0.15) is 6.04 Å². The van der Waals surface area contributed by atoms with Crippen LogP contribution in [0.4, 0.5) is 0 Å². The number of rotatable bonds is 7. The maximum Gasteiger partial charge on any atom is 0.255 e. The average molecular weight is 685 g/mol. The van der Waals surface area contributed by atoms with Gasteiger partial charge in [-0.1, -0.05) is 24.3 Å². The van der Waals surface area contributed by atoms with Crippen LogP contribution in [-0.4, -0.2) is 78.2 Å². The van der Waals surface area contributed by atoms with Crippen LogP contribution in [0.5, 0.6) is 0 Å². The van der Waals surface area contributed by atoms with Crippen molar-refractivity contribution < 1.29 is 24.0 Å². The second-order valence-corrected chi connectivity index (χ2v) is 15.3. The van der Waals surface area contributed by atoms with Crippen molar-refractivity contribution in [1.82, 2.24) is 40.2 Å². The SMILES string of the molecule is O=C1CCC(N2Cc3cc(CNC(=O)C45CC6(C(=O)N7CCC(n8cc(-c9cnc%10ccccc%10n9)cn8)CC7)CC46C5)ccc3C2=O)C(=O)N1. The summed E-state index contributed by atoms with van der Waals surface area (Å²) in [4.78, 5) is 77.2. The molecule has 5 fully saturated rings. The third-order valence-electron chi connectivity index (χ3n) is 12.7. The van der Waals surface area contributed by atoms with Gasteiger partial charge in [-0.05, 0) is 67.9 Å². The molecule has 13 nitrogen and oxygen atoms in total. The van der Waals surface area contributed by atoms with Gasteiger partial charge in [-0.3, -0.25) is 39.0 Å². The Kier molecular flexibility index (Phi) is 6.27. The van der Waals surface area contributed by atoms with Crippen LogP contribution in [0, 0.1) is 16.2 Å². The number of benzene rings is 2. The maximum atomic E-state index is 13.9. The van der Waals surface area contributed by atoms with Crippen molar-refractivity contribution in [3.8, 4) is 11.3 Å². The highest BCUT2D eigenvalue weighted by molar-refractivity contribution is 6.05. The summed E-state index contributed by atoms with van der Waals surface area (Å²) in [6.45, 7) is 1.97. The van der Waals surface area contributed by atoms with Gasteiger partial charge in [-0.2, -0.15) is 5.10 Å². The third kappa shape index (κ3) is 4.32. The zero-order valence-corrected chi connectivity index (χ0v) is 27.9. The van der Waals surface area contributed by atoms with Gasteiger partial charge >= 0.3 is 0 Å². The number of carbonyl (C=O) groups is 5. The van der Waals surface area contributed by atoms with Gasteiger partial charge in [0.05, 0.1) is 46.0 Å². The summed E-state index contributed by atoms with van der Waals surface area (Å²) in [5, 5.41) is 10.1. The number of nitrogens with one attached hydrogen (secondary N) is 2. The van der Waals surface area contributed by atoms with Gasteiger partial charge in [0, 0.05) is 55.3 Å². The number of para-hydroxylation sites is 2. The topological polar surface area (TPSA) is 159 Å². The van der Waals surface area contributed by atoms with Gasteiger partial charge in [0.15, 0.2) is 0 Å². The normalized spacial score (nSPS) is 29.2. The molecule has 4 unspecified atom stereocenters. The van der Waals surface area contributed by atoms with Gasteiger partial charge in [-0.15, -0.1) is 0 Å². The minimum absolute atomic E-state index is 0.00877. The van der Waals surface area contributed by atoms with Gasteiger partial charge < -0.3 is 15.1 Å². The van der Waals surface area contributed by atoms with Crippen molar-refractivity contribution in [3.05, 3.63) is 77.7 Å². The fourth-order valence-electron chi connectivity index (χ4n) is 9.90. The van der Waals surface area contributed by atoms with Gasteiger partial charge in [0.2, 0.25) is 23.6 Å². The molecule has 2 aromatic heterocycles. The molecular weight excluding hydrogens is 648 g/mol. The molecule has 4 aromatic rings. The van der Waals surface area contributed by atoms with Crippen LogP contribution in [-0.2, 0) is 32.3 Å². The van der Waals surface area contributed by atoms with E-state index < -0.39 is 22.8 Å². The number of aromatic nitrogens is 4. The molecule has 2 saturated heterocycles. The van der Waals surface area contributed by atoms with E-state index in [2.05, 4.69) is 20.7 Å². The number of likely N-dealkylation sites (tertiary alicyclic amines) is 1. The predicted molar refractivity (Wildman–Crippen MR) is 181 cm³/mol. The molecule has 10 rings (SSSR count). The lowest BCUT2D eigenvalue weighted by molar-refractivity contribution is -0.146. The lowest BCUT2D eigenvalue weighted by atomic mass is 9.73. The van der Waals surface area contributed by atoms with Crippen LogP contribution in [0.2, 0.25) is 0 Å². The van der Waals surface area contributed by atoms with Crippen LogP contribution < -0.4 is 10.6 Å². The summed E-state index contributed by atoms with van der Waals surface area (Å²) >= 11 is 0. The lowest BCUT2D eigenvalue weighted by Crippen LogP contribution is -2.52. The van der Waals surface area contributed by atoms with E-state index >= 15 is 0 Å². The minimum atomic E-state index is -0.663. The van der Waals surface area contributed by atoms with Crippen molar-refractivity contribution in [2.75, 3.05) is 13.1 Å². The second-order valence-electron chi connectivity index (χ2n) is 15.3. The fourth-order valence-corrected chi connectivity index (χ4v) is 9.90. The summed E-state index contributed by atoms with van der Waals surface area (Å²) in [6, 6.07) is 12.8. The Labute approximate surface area is 292 Å². The molecule has 258 valence electrons. The van der Waals surface area contributed by atoms with Crippen LogP contribution >= 0.6 is 0 Å². The lowest BCUT2D eigenvalue weighted by Gasteiger charge is -2.39. The Morgan fingerprint density at radius 2 is 1.75 bits per heavy atom. The molecule has 4 atom stereocenters. The molecule has 2 aromatic carbocycles. The van der Waals surface area contributed by atoms with E-state index in [1.54, 1.807) is 12.3 Å². The van der Waals surface area contributed by atoms with E-state index in [-0.39, 0.29) is 41.5 Å². The van der Waals surface area contributed by atoms with Gasteiger partial charge in [0.25, 0.3) is 5.91 Å². The quantitative estimate of drug-likeness (QED) is 0.281. The Balaban J connectivity index is 0.731. The summed E-state index contributed by atoms with van der Waals surface area (Å²) < 4.78 is 2.00. The van der Waals surface area contributed by atoms with Crippen molar-refractivity contribution in [3.63, 3.8) is 0 Å². The Bertz CT molecular complexity index is 2230. The zero-order chi connectivity index (χ0) is 34.7. The molecule has 0 radical (unpaired) electrons. The first kappa shape index (κ1) is 30.4. The number of nitrogens with zero attached hydrogens (tertiary/aromatic N) is 6. The average Bonchev–Trinajstić information content (AvgIpc) is 3.60. The first-order valence-electron chi connectivity index (χ1n) is 17.8. The number of carbonyl (C=O) groups excluding carboxylic acids is 5. The predicted octanol–water partition coefficient (Wildman–Crippen LogP) is 2.90. The van der Waals surface area contributed by atoms with E-state index in [1.165, 1.54) is 4.90 Å². The molecule has 6 aliphatic rings. The molecule has 3 saturated carbocycles. The highest BCUT2D eigenvalue weighted by atomic mass is 16.2. The van der Waals surface area contributed by atoms with E-state index in [0.717, 1.165) is 59.1 Å². The number of hydrogen-bond donors (Lipinski definition) is 2. The van der Waals surface area contributed by atoms with Gasteiger partial charge in [-0.25, -0.2) is 4.98 Å². The number of fused-ring (bicyclic) bond motifs is 2. The molecule has 13 heteroatoms. The van der Waals surface area contributed by atoms with Crippen molar-refractivity contribution in [2.24, 2.45) is 16.2 Å². The van der Waals surface area contributed by atoms with Crippen LogP contribution in [0.3, 0.4) is 0 Å².